The number of hydrogen-bond donors (Lipinski definition) is 1. The monoisotopic (exact) mass is 289 g/mol. The standard InChI is InChI=1S/C11H19N5O2.ClH/c1-12-9-4-3-5-15(6-9)7-10-11(16(17)18)13-8-14(10)2;/h8-9,12H,3-7H2,1-2H3;1H. The number of likely N-dealkylation sites (tertiary alicyclic amines) is 1. The Kier molecular flexibility index (Phi) is 5.71. The lowest BCUT2D eigenvalue weighted by Gasteiger charge is -2.32. The summed E-state index contributed by atoms with van der Waals surface area (Å²) in [7, 11) is 3.76. The minimum absolute atomic E-state index is 0. The van der Waals surface area contributed by atoms with Gasteiger partial charge in [-0.2, -0.15) is 0 Å². The molecule has 0 amide bonds. The zero-order valence-electron chi connectivity index (χ0n) is 11.2. The van der Waals surface area contributed by atoms with Crippen molar-refractivity contribution >= 4 is 18.2 Å². The van der Waals surface area contributed by atoms with Crippen LogP contribution in [-0.4, -0.2) is 45.6 Å². The number of hydrogen-bond acceptors (Lipinski definition) is 5. The Labute approximate surface area is 118 Å². The van der Waals surface area contributed by atoms with Crippen LogP contribution in [0.15, 0.2) is 6.33 Å². The Balaban J connectivity index is 0.00000180. The highest BCUT2D eigenvalue weighted by Gasteiger charge is 2.25. The van der Waals surface area contributed by atoms with Gasteiger partial charge in [-0.05, 0) is 36.3 Å². The molecule has 0 saturated carbocycles. The van der Waals surface area contributed by atoms with Crippen molar-refractivity contribution in [2.24, 2.45) is 7.05 Å². The van der Waals surface area contributed by atoms with Crippen molar-refractivity contribution in [2.75, 3.05) is 20.1 Å². The predicted octanol–water partition coefficient (Wildman–Crippen LogP) is 0.934. The molecule has 0 bridgehead atoms. The number of nitrogens with one attached hydrogen (secondary N) is 1. The third-order valence-corrected chi connectivity index (χ3v) is 3.50. The lowest BCUT2D eigenvalue weighted by atomic mass is 10.1. The molecule has 2 rings (SSSR count). The van der Waals surface area contributed by atoms with Gasteiger partial charge in [-0.3, -0.25) is 4.90 Å². The molecule has 0 radical (unpaired) electrons. The van der Waals surface area contributed by atoms with E-state index in [-0.39, 0.29) is 18.2 Å². The summed E-state index contributed by atoms with van der Waals surface area (Å²) in [5.74, 6) is -0.0240. The predicted molar refractivity (Wildman–Crippen MR) is 74.5 cm³/mol. The maximum Gasteiger partial charge on any atom is 0.386 e. The van der Waals surface area contributed by atoms with E-state index in [2.05, 4.69) is 15.2 Å². The largest absolute Gasteiger partial charge is 0.386 e. The van der Waals surface area contributed by atoms with Crippen LogP contribution >= 0.6 is 12.4 Å². The van der Waals surface area contributed by atoms with Crippen LogP contribution in [0.3, 0.4) is 0 Å². The highest BCUT2D eigenvalue weighted by Crippen LogP contribution is 2.19. The fourth-order valence-corrected chi connectivity index (χ4v) is 2.42. The van der Waals surface area contributed by atoms with Crippen LogP contribution in [0.4, 0.5) is 5.82 Å². The van der Waals surface area contributed by atoms with Crippen molar-refractivity contribution in [1.82, 2.24) is 19.8 Å². The molecule has 1 aromatic rings. The second kappa shape index (κ2) is 6.83. The lowest BCUT2D eigenvalue weighted by molar-refractivity contribution is -0.390. The summed E-state index contributed by atoms with van der Waals surface area (Å²) in [5.41, 5.74) is 0.678. The molecule has 108 valence electrons. The minimum Gasteiger partial charge on any atom is -0.358 e. The molecule has 1 aliphatic rings. The molecule has 0 aromatic carbocycles. The van der Waals surface area contributed by atoms with Crippen LogP contribution in [0.1, 0.15) is 18.5 Å². The molecule has 0 spiro atoms. The summed E-state index contributed by atoms with van der Waals surface area (Å²) in [5, 5.41) is 14.2. The summed E-state index contributed by atoms with van der Waals surface area (Å²) in [4.78, 5) is 16.6. The van der Waals surface area contributed by atoms with Crippen molar-refractivity contribution in [3.8, 4) is 0 Å². The summed E-state index contributed by atoms with van der Waals surface area (Å²) in [6.45, 7) is 2.50. The van der Waals surface area contributed by atoms with E-state index in [0.29, 0.717) is 18.3 Å². The van der Waals surface area contributed by atoms with Gasteiger partial charge in [0.1, 0.15) is 5.69 Å². The lowest BCUT2D eigenvalue weighted by Crippen LogP contribution is -2.44. The van der Waals surface area contributed by atoms with E-state index in [0.717, 1.165) is 19.5 Å². The highest BCUT2D eigenvalue weighted by molar-refractivity contribution is 5.85. The number of halogens is 1. The second-order valence-corrected chi connectivity index (χ2v) is 4.75. The average molecular weight is 290 g/mol. The van der Waals surface area contributed by atoms with E-state index in [4.69, 9.17) is 0 Å². The van der Waals surface area contributed by atoms with E-state index >= 15 is 0 Å². The molecule has 7 nitrogen and oxygen atoms in total. The van der Waals surface area contributed by atoms with Crippen molar-refractivity contribution < 1.29 is 4.92 Å². The van der Waals surface area contributed by atoms with Gasteiger partial charge in [0, 0.05) is 26.2 Å². The van der Waals surface area contributed by atoms with Crippen LogP contribution in [0.2, 0.25) is 0 Å². The van der Waals surface area contributed by atoms with Gasteiger partial charge in [0.15, 0.2) is 0 Å². The quantitative estimate of drug-likeness (QED) is 0.659. The van der Waals surface area contributed by atoms with Crippen LogP contribution in [0.25, 0.3) is 0 Å². The van der Waals surface area contributed by atoms with E-state index in [9.17, 15) is 10.1 Å². The van der Waals surface area contributed by atoms with Crippen LogP contribution in [0, 0.1) is 10.1 Å². The molecular weight excluding hydrogens is 270 g/mol. The fourth-order valence-electron chi connectivity index (χ4n) is 2.42. The maximum atomic E-state index is 10.9. The van der Waals surface area contributed by atoms with E-state index < -0.39 is 4.92 Å². The maximum absolute atomic E-state index is 10.9. The summed E-state index contributed by atoms with van der Waals surface area (Å²) in [6, 6.07) is 0.478. The molecule has 1 aliphatic heterocycles. The molecule has 19 heavy (non-hydrogen) atoms. The first-order chi connectivity index (χ1) is 8.61. The third kappa shape index (κ3) is 3.65. The number of aryl methyl sites for hydroxylation is 1. The highest BCUT2D eigenvalue weighted by atomic mass is 35.5. The molecule has 8 heteroatoms. The molecular formula is C11H20ClN5O2. The fraction of sp³-hybridized carbons (Fsp3) is 0.727. The van der Waals surface area contributed by atoms with E-state index in [1.807, 2.05) is 7.05 Å². The van der Waals surface area contributed by atoms with Gasteiger partial charge in [-0.25, -0.2) is 0 Å². The SMILES string of the molecule is CNC1CCCN(Cc2c([N+](=O)[O-])ncn2C)C1.Cl. The third-order valence-electron chi connectivity index (χ3n) is 3.50. The summed E-state index contributed by atoms with van der Waals surface area (Å²) in [6.07, 6.45) is 3.80. The summed E-state index contributed by atoms with van der Waals surface area (Å²) >= 11 is 0. The first-order valence-corrected chi connectivity index (χ1v) is 6.16. The van der Waals surface area contributed by atoms with Gasteiger partial charge >= 0.3 is 5.82 Å². The van der Waals surface area contributed by atoms with Gasteiger partial charge in [0.25, 0.3) is 0 Å². The van der Waals surface area contributed by atoms with Gasteiger partial charge < -0.3 is 20.0 Å². The normalized spacial score (nSPS) is 20.0. The second-order valence-electron chi connectivity index (χ2n) is 4.75. The molecule has 0 aliphatic carbocycles. The number of imidazole rings is 1. The number of nitrogens with zero attached hydrogens (tertiary/aromatic N) is 4. The molecule has 1 unspecified atom stereocenters. The van der Waals surface area contributed by atoms with Gasteiger partial charge in [-0.1, -0.05) is 0 Å². The van der Waals surface area contributed by atoms with Crippen molar-refractivity contribution in [3.63, 3.8) is 0 Å². The molecule has 1 aromatic heterocycles. The van der Waals surface area contributed by atoms with Crippen LogP contribution < -0.4 is 5.32 Å². The van der Waals surface area contributed by atoms with E-state index in [1.165, 1.54) is 12.7 Å². The molecule has 1 N–H and O–H groups in total. The first kappa shape index (κ1) is 15.9. The van der Waals surface area contributed by atoms with Crippen LogP contribution in [0.5, 0.6) is 0 Å². The number of rotatable bonds is 4. The number of nitro groups is 1. The zero-order chi connectivity index (χ0) is 13.1. The first-order valence-electron chi connectivity index (χ1n) is 6.16. The number of piperidine rings is 1. The Morgan fingerprint density at radius 2 is 2.37 bits per heavy atom. The smallest absolute Gasteiger partial charge is 0.358 e. The number of likely N-dealkylation sites (N-methyl/N-ethyl adjacent to an activating group) is 1. The van der Waals surface area contributed by atoms with Gasteiger partial charge in [0.05, 0.1) is 0 Å². The van der Waals surface area contributed by atoms with Crippen LogP contribution in [-0.2, 0) is 13.6 Å². The van der Waals surface area contributed by atoms with Crippen molar-refractivity contribution in [1.29, 1.82) is 0 Å². The van der Waals surface area contributed by atoms with Gasteiger partial charge in [-0.15, -0.1) is 12.4 Å². The molecule has 1 fully saturated rings. The molecule has 2 heterocycles. The van der Waals surface area contributed by atoms with Gasteiger partial charge in [0.2, 0.25) is 6.33 Å². The van der Waals surface area contributed by atoms with E-state index in [1.54, 1.807) is 11.6 Å². The topological polar surface area (TPSA) is 76.2 Å². The summed E-state index contributed by atoms with van der Waals surface area (Å²) < 4.78 is 1.74. The Bertz CT molecular complexity index is 437. The van der Waals surface area contributed by atoms with Crippen molar-refractivity contribution in [3.05, 3.63) is 22.1 Å². The average Bonchev–Trinajstić information content (AvgIpc) is 2.71. The Morgan fingerprint density at radius 1 is 1.63 bits per heavy atom. The number of aromatic nitrogens is 2. The Morgan fingerprint density at radius 3 is 3.00 bits per heavy atom. The molecule has 1 saturated heterocycles. The zero-order valence-corrected chi connectivity index (χ0v) is 12.0. The minimum atomic E-state index is -0.408. The van der Waals surface area contributed by atoms with Crippen molar-refractivity contribution in [2.45, 2.75) is 25.4 Å². The Hall–Kier alpha value is -1.18. The molecule has 1 atom stereocenters.